The third-order valence-corrected chi connectivity index (χ3v) is 3.83. The third-order valence-electron chi connectivity index (χ3n) is 2.94. The molecule has 0 aliphatic carbocycles. The van der Waals surface area contributed by atoms with Crippen LogP contribution in [0.25, 0.3) is 0 Å². The van der Waals surface area contributed by atoms with E-state index in [-0.39, 0.29) is 5.92 Å². The van der Waals surface area contributed by atoms with Gasteiger partial charge in [-0.3, -0.25) is 4.79 Å². The Morgan fingerprint density at radius 3 is 2.58 bits per heavy atom. The second-order valence-electron chi connectivity index (χ2n) is 4.30. The van der Waals surface area contributed by atoms with Crippen molar-refractivity contribution < 1.29 is 14.7 Å². The van der Waals surface area contributed by atoms with Gasteiger partial charge in [-0.15, -0.1) is 0 Å². The highest BCUT2D eigenvalue weighted by Gasteiger charge is 2.26. The van der Waals surface area contributed by atoms with E-state index in [1.165, 1.54) is 0 Å². The van der Waals surface area contributed by atoms with E-state index < -0.39 is 17.9 Å². The third kappa shape index (κ3) is 4.21. The van der Waals surface area contributed by atoms with Gasteiger partial charge in [-0.25, -0.2) is 4.79 Å². The number of nitrogens with one attached hydrogen (secondary N) is 1. The van der Waals surface area contributed by atoms with Crippen LogP contribution < -0.4 is 5.32 Å². The Morgan fingerprint density at radius 2 is 2.11 bits per heavy atom. The number of benzene rings is 1. The van der Waals surface area contributed by atoms with Crippen molar-refractivity contribution in [1.82, 2.24) is 5.32 Å². The van der Waals surface area contributed by atoms with Crippen LogP contribution in [0.4, 0.5) is 0 Å². The highest BCUT2D eigenvalue weighted by Crippen LogP contribution is 2.22. The van der Waals surface area contributed by atoms with Gasteiger partial charge in [0.1, 0.15) is 6.04 Å². The van der Waals surface area contributed by atoms with Crippen molar-refractivity contribution in [1.29, 1.82) is 0 Å². The van der Waals surface area contributed by atoms with Crippen LogP contribution in [0, 0.1) is 5.92 Å². The van der Waals surface area contributed by atoms with Crippen molar-refractivity contribution in [3.8, 4) is 0 Å². The molecule has 19 heavy (non-hydrogen) atoms. The Morgan fingerprint density at radius 1 is 1.47 bits per heavy atom. The highest BCUT2D eigenvalue weighted by atomic mass is 79.9. The fraction of sp³-hybridized carbons (Fsp3) is 0.385. The van der Waals surface area contributed by atoms with E-state index in [0.717, 1.165) is 0 Å². The zero-order valence-electron chi connectivity index (χ0n) is 10.6. The molecule has 104 valence electrons. The van der Waals surface area contributed by atoms with Crippen LogP contribution in [-0.2, 0) is 4.79 Å². The molecular formula is C13H15BrClNO3. The smallest absolute Gasteiger partial charge is 0.326 e. The minimum atomic E-state index is -1.03. The summed E-state index contributed by atoms with van der Waals surface area (Å²) in [5.41, 5.74) is 0.360. The molecule has 0 saturated carbocycles. The molecular weight excluding hydrogens is 334 g/mol. The van der Waals surface area contributed by atoms with Crippen LogP contribution in [0.15, 0.2) is 22.7 Å². The van der Waals surface area contributed by atoms with E-state index in [4.69, 9.17) is 16.7 Å². The van der Waals surface area contributed by atoms with Crippen LogP contribution in [-0.4, -0.2) is 23.0 Å². The summed E-state index contributed by atoms with van der Waals surface area (Å²) in [6.45, 7) is 3.67. The van der Waals surface area contributed by atoms with Crippen LogP contribution >= 0.6 is 27.5 Å². The first-order chi connectivity index (χ1) is 8.86. The first-order valence-electron chi connectivity index (χ1n) is 5.85. The molecule has 1 aromatic carbocycles. The number of carbonyl (C=O) groups is 2. The largest absolute Gasteiger partial charge is 0.480 e. The van der Waals surface area contributed by atoms with Crippen LogP contribution in [0.5, 0.6) is 0 Å². The summed E-state index contributed by atoms with van der Waals surface area (Å²) in [6.07, 6.45) is 0.666. The van der Waals surface area contributed by atoms with Crippen LogP contribution in [0.1, 0.15) is 30.6 Å². The molecule has 6 heteroatoms. The van der Waals surface area contributed by atoms with E-state index in [9.17, 15) is 9.59 Å². The van der Waals surface area contributed by atoms with Gasteiger partial charge in [-0.1, -0.05) is 31.9 Å². The first kappa shape index (κ1) is 16.0. The number of amides is 1. The zero-order chi connectivity index (χ0) is 14.6. The van der Waals surface area contributed by atoms with E-state index in [1.807, 2.05) is 6.92 Å². The van der Waals surface area contributed by atoms with Gasteiger partial charge < -0.3 is 10.4 Å². The minimum absolute atomic E-state index is 0.146. The Hall–Kier alpha value is -1.07. The van der Waals surface area contributed by atoms with Gasteiger partial charge in [0.15, 0.2) is 0 Å². The van der Waals surface area contributed by atoms with E-state index >= 15 is 0 Å². The SMILES string of the molecule is CCC(C)[C@H](NC(=O)c1ccc(Cl)cc1Br)C(=O)O. The van der Waals surface area contributed by atoms with Crippen LogP contribution in [0.3, 0.4) is 0 Å². The lowest BCUT2D eigenvalue weighted by Crippen LogP contribution is -2.45. The maximum atomic E-state index is 12.1. The summed E-state index contributed by atoms with van der Waals surface area (Å²) in [5.74, 6) is -1.61. The summed E-state index contributed by atoms with van der Waals surface area (Å²) in [6, 6.07) is 3.83. The minimum Gasteiger partial charge on any atom is -0.480 e. The molecule has 0 spiro atoms. The van der Waals surface area contributed by atoms with E-state index in [0.29, 0.717) is 21.5 Å². The van der Waals surface area contributed by atoms with Gasteiger partial charge in [0.2, 0.25) is 0 Å². The Labute approximate surface area is 125 Å². The monoisotopic (exact) mass is 347 g/mol. The van der Waals surface area contributed by atoms with Crippen molar-refractivity contribution in [3.05, 3.63) is 33.3 Å². The normalized spacial score (nSPS) is 13.7. The molecule has 4 nitrogen and oxygen atoms in total. The molecule has 2 atom stereocenters. The summed E-state index contributed by atoms with van der Waals surface area (Å²) < 4.78 is 0.533. The molecule has 1 aromatic rings. The van der Waals surface area contributed by atoms with Crippen molar-refractivity contribution in [2.24, 2.45) is 5.92 Å². The maximum Gasteiger partial charge on any atom is 0.326 e. The molecule has 0 fully saturated rings. The maximum absolute atomic E-state index is 12.1. The summed E-state index contributed by atoms with van der Waals surface area (Å²) >= 11 is 9.03. The predicted octanol–water partition coefficient (Wildman–Crippen LogP) is 3.33. The molecule has 0 radical (unpaired) electrons. The second kappa shape index (κ2) is 6.91. The number of carboxylic acid groups (broad SMARTS) is 1. The molecule has 2 N–H and O–H groups in total. The Balaban J connectivity index is 2.91. The summed E-state index contributed by atoms with van der Waals surface area (Å²) in [7, 11) is 0. The van der Waals surface area contributed by atoms with Crippen molar-refractivity contribution >= 4 is 39.4 Å². The fourth-order valence-corrected chi connectivity index (χ4v) is 2.44. The van der Waals surface area contributed by atoms with Gasteiger partial charge in [0.25, 0.3) is 5.91 Å². The molecule has 0 aliphatic heterocycles. The summed E-state index contributed by atoms with van der Waals surface area (Å²) in [5, 5.41) is 12.2. The number of hydrogen-bond acceptors (Lipinski definition) is 2. The molecule has 0 aliphatic rings. The van der Waals surface area contributed by atoms with Crippen LogP contribution in [0.2, 0.25) is 5.02 Å². The molecule has 1 amide bonds. The van der Waals surface area contributed by atoms with Gasteiger partial charge in [0.05, 0.1) is 5.56 Å². The van der Waals surface area contributed by atoms with E-state index in [1.54, 1.807) is 25.1 Å². The lowest BCUT2D eigenvalue weighted by atomic mass is 9.99. The standard InChI is InChI=1S/C13H15BrClNO3/c1-3-7(2)11(13(18)19)16-12(17)9-5-4-8(15)6-10(9)14/h4-7,11H,3H2,1-2H3,(H,16,17)(H,18,19)/t7?,11-/m0/s1. The van der Waals surface area contributed by atoms with Crippen molar-refractivity contribution in [3.63, 3.8) is 0 Å². The average Bonchev–Trinajstić information content (AvgIpc) is 2.34. The lowest BCUT2D eigenvalue weighted by molar-refractivity contribution is -0.140. The van der Waals surface area contributed by atoms with E-state index in [2.05, 4.69) is 21.2 Å². The first-order valence-corrected chi connectivity index (χ1v) is 7.02. The lowest BCUT2D eigenvalue weighted by Gasteiger charge is -2.20. The fourth-order valence-electron chi connectivity index (χ4n) is 1.58. The molecule has 0 bridgehead atoms. The molecule has 0 saturated heterocycles. The zero-order valence-corrected chi connectivity index (χ0v) is 13.0. The Kier molecular flexibility index (Phi) is 5.82. The second-order valence-corrected chi connectivity index (χ2v) is 5.59. The molecule has 1 rings (SSSR count). The van der Waals surface area contributed by atoms with Gasteiger partial charge >= 0.3 is 5.97 Å². The molecule has 1 unspecified atom stereocenters. The number of hydrogen-bond donors (Lipinski definition) is 2. The number of carbonyl (C=O) groups excluding carboxylic acids is 1. The molecule has 0 aromatic heterocycles. The quantitative estimate of drug-likeness (QED) is 0.857. The Bertz CT molecular complexity index is 493. The highest BCUT2D eigenvalue weighted by molar-refractivity contribution is 9.10. The number of carboxylic acids is 1. The predicted molar refractivity (Wildman–Crippen MR) is 77.5 cm³/mol. The molecule has 0 heterocycles. The number of rotatable bonds is 5. The topological polar surface area (TPSA) is 66.4 Å². The van der Waals surface area contributed by atoms with Crippen molar-refractivity contribution in [2.75, 3.05) is 0 Å². The van der Waals surface area contributed by atoms with Crippen molar-refractivity contribution in [2.45, 2.75) is 26.3 Å². The van der Waals surface area contributed by atoms with Gasteiger partial charge in [-0.2, -0.15) is 0 Å². The average molecular weight is 349 g/mol. The van der Waals surface area contributed by atoms with Gasteiger partial charge in [0, 0.05) is 9.50 Å². The number of aliphatic carboxylic acids is 1. The number of halogens is 2. The van der Waals surface area contributed by atoms with Gasteiger partial charge in [-0.05, 0) is 40.0 Å². The summed E-state index contributed by atoms with van der Waals surface area (Å²) in [4.78, 5) is 23.2.